The molecule has 3 rings (SSSR count). The first-order valence-corrected chi connectivity index (χ1v) is 17.8. The fourth-order valence-corrected chi connectivity index (χ4v) is 5.33. The minimum atomic E-state index is -0.601. The maximum Gasteiger partial charge on any atom is 0.330 e. The van der Waals surface area contributed by atoms with Crippen LogP contribution in [0.15, 0.2) is 86.0 Å². The lowest BCUT2D eigenvalue weighted by Crippen LogP contribution is -2.32. The number of esters is 4. The molecule has 0 aromatic heterocycles. The molecule has 2 aromatic carbocycles. The molecule has 0 spiro atoms. The third kappa shape index (κ3) is 18.5. The Morgan fingerprint density at radius 2 is 0.981 bits per heavy atom. The van der Waals surface area contributed by atoms with E-state index in [0.29, 0.717) is 49.4 Å². The van der Waals surface area contributed by atoms with Gasteiger partial charge in [-0.05, 0) is 74.6 Å². The fourth-order valence-electron chi connectivity index (χ4n) is 5.33. The van der Waals surface area contributed by atoms with Crippen molar-refractivity contribution in [1.82, 2.24) is 0 Å². The lowest BCUT2D eigenvalue weighted by Gasteiger charge is -2.29. The first-order valence-electron chi connectivity index (χ1n) is 17.8. The van der Waals surface area contributed by atoms with Crippen LogP contribution in [-0.4, -0.2) is 88.9 Å². The fraction of sp³-hybridized carbons (Fsp3) is 0.500. The van der Waals surface area contributed by atoms with E-state index in [4.69, 9.17) is 37.9 Å². The van der Waals surface area contributed by atoms with Crippen molar-refractivity contribution in [2.24, 2.45) is 11.8 Å². The molecule has 12 nitrogen and oxygen atoms in total. The van der Waals surface area contributed by atoms with Crippen molar-refractivity contribution in [2.75, 3.05) is 52.9 Å². The van der Waals surface area contributed by atoms with Crippen molar-refractivity contribution in [3.63, 3.8) is 0 Å². The molecule has 1 aliphatic rings. The highest BCUT2D eigenvalue weighted by molar-refractivity contribution is 5.81. The summed E-state index contributed by atoms with van der Waals surface area (Å²) < 4.78 is 44.9. The van der Waals surface area contributed by atoms with E-state index in [0.717, 1.165) is 37.8 Å². The molecule has 1 fully saturated rings. The Balaban J connectivity index is 1.37. The van der Waals surface area contributed by atoms with Crippen molar-refractivity contribution in [3.05, 3.63) is 86.0 Å². The summed E-state index contributed by atoms with van der Waals surface area (Å²) in [5.41, 5.74) is 0. The first kappa shape index (κ1) is 41.7. The second kappa shape index (κ2) is 25.3. The van der Waals surface area contributed by atoms with Crippen LogP contribution < -0.4 is 9.47 Å². The zero-order valence-corrected chi connectivity index (χ0v) is 29.9. The summed E-state index contributed by atoms with van der Waals surface area (Å²) in [6.07, 6.45) is 5.68. The average molecular weight is 725 g/mol. The van der Waals surface area contributed by atoms with E-state index in [1.54, 1.807) is 0 Å². The number of benzene rings is 2. The van der Waals surface area contributed by atoms with Crippen LogP contribution in [0, 0.1) is 11.8 Å². The zero-order valence-electron chi connectivity index (χ0n) is 29.9. The van der Waals surface area contributed by atoms with Gasteiger partial charge in [0.2, 0.25) is 0 Å². The summed E-state index contributed by atoms with van der Waals surface area (Å²) >= 11 is 0. The van der Waals surface area contributed by atoms with Gasteiger partial charge in [-0.15, -0.1) is 0 Å². The highest BCUT2D eigenvalue weighted by atomic mass is 16.6. The number of para-hydroxylation sites is 2. The van der Waals surface area contributed by atoms with Gasteiger partial charge in [-0.3, -0.25) is 9.59 Å². The zero-order chi connectivity index (χ0) is 37.2. The van der Waals surface area contributed by atoms with E-state index in [9.17, 15) is 19.2 Å². The SMILES string of the molecule is C=CC(=O)OCCCC(=O)OC(COCC1CCC(COCC(COc2ccccc2)OC(=O)CCCOC(=O)C=C)CC1)COc1ccccc1. The van der Waals surface area contributed by atoms with Crippen LogP contribution in [0.1, 0.15) is 51.4 Å². The molecule has 2 aromatic rings. The predicted octanol–water partition coefficient (Wildman–Crippen LogP) is 5.83. The van der Waals surface area contributed by atoms with Crippen LogP contribution in [0.3, 0.4) is 0 Å². The normalized spacial score (nSPS) is 16.4. The monoisotopic (exact) mass is 724 g/mol. The van der Waals surface area contributed by atoms with Crippen molar-refractivity contribution in [1.29, 1.82) is 0 Å². The van der Waals surface area contributed by atoms with Crippen LogP contribution in [0.5, 0.6) is 11.5 Å². The van der Waals surface area contributed by atoms with Crippen molar-refractivity contribution < 1.29 is 57.1 Å². The molecule has 284 valence electrons. The molecule has 0 saturated heterocycles. The van der Waals surface area contributed by atoms with Crippen LogP contribution >= 0.6 is 0 Å². The number of hydrogen-bond acceptors (Lipinski definition) is 12. The molecular weight excluding hydrogens is 672 g/mol. The van der Waals surface area contributed by atoms with E-state index in [2.05, 4.69) is 13.2 Å². The van der Waals surface area contributed by atoms with E-state index in [1.807, 2.05) is 60.7 Å². The van der Waals surface area contributed by atoms with Gasteiger partial charge >= 0.3 is 23.9 Å². The summed E-state index contributed by atoms with van der Waals surface area (Å²) in [6, 6.07) is 18.6. The van der Waals surface area contributed by atoms with Gasteiger partial charge in [0, 0.05) is 38.2 Å². The van der Waals surface area contributed by atoms with Gasteiger partial charge in [0.1, 0.15) is 24.7 Å². The third-order valence-electron chi connectivity index (χ3n) is 8.11. The van der Waals surface area contributed by atoms with Gasteiger partial charge in [0.25, 0.3) is 0 Å². The highest BCUT2D eigenvalue weighted by Crippen LogP contribution is 2.29. The standard InChI is InChI=1S/C40H52O12/c1-3-37(41)47-23-11-17-39(43)51-35(29-49-33-13-7-5-8-14-33)27-45-25-31-19-21-32(22-20-31)26-46-28-36(30-50-34-15-9-6-10-16-34)52-40(44)18-12-24-48-38(42)4-2/h3-10,13-16,31-32,35-36H,1-2,11-12,17-30H2. The quantitative estimate of drug-likeness (QED) is 0.0499. The van der Waals surface area contributed by atoms with Crippen molar-refractivity contribution in [2.45, 2.75) is 63.6 Å². The molecule has 1 aliphatic carbocycles. The molecule has 2 atom stereocenters. The van der Waals surface area contributed by atoms with E-state index in [1.165, 1.54) is 0 Å². The van der Waals surface area contributed by atoms with E-state index >= 15 is 0 Å². The summed E-state index contributed by atoms with van der Waals surface area (Å²) in [5.74, 6) is 0.143. The predicted molar refractivity (Wildman–Crippen MR) is 191 cm³/mol. The first-order chi connectivity index (χ1) is 25.3. The number of rotatable bonds is 26. The highest BCUT2D eigenvalue weighted by Gasteiger charge is 2.24. The third-order valence-corrected chi connectivity index (χ3v) is 8.11. The summed E-state index contributed by atoms with van der Waals surface area (Å²) in [4.78, 5) is 47.4. The second-order valence-electron chi connectivity index (χ2n) is 12.4. The van der Waals surface area contributed by atoms with Crippen LogP contribution in [0.2, 0.25) is 0 Å². The Kier molecular flexibility index (Phi) is 20.3. The Morgan fingerprint density at radius 3 is 1.35 bits per heavy atom. The minimum absolute atomic E-state index is 0.0938. The van der Waals surface area contributed by atoms with Gasteiger partial charge in [-0.2, -0.15) is 0 Å². The van der Waals surface area contributed by atoms with Crippen LogP contribution in [0.25, 0.3) is 0 Å². The van der Waals surface area contributed by atoms with E-state index in [-0.39, 0.29) is 52.5 Å². The molecule has 0 aliphatic heterocycles. The maximum absolute atomic E-state index is 12.5. The molecular formula is C40H52O12. The Labute approximate surface area is 306 Å². The molecule has 52 heavy (non-hydrogen) atoms. The number of ether oxygens (including phenoxy) is 8. The van der Waals surface area contributed by atoms with Crippen LogP contribution in [-0.2, 0) is 47.6 Å². The molecule has 12 heteroatoms. The summed E-state index contributed by atoms with van der Waals surface area (Å²) in [7, 11) is 0. The number of hydrogen-bond donors (Lipinski definition) is 0. The minimum Gasteiger partial charge on any atom is -0.490 e. The lowest BCUT2D eigenvalue weighted by molar-refractivity contribution is -0.156. The molecule has 1 saturated carbocycles. The molecule has 0 bridgehead atoms. The topological polar surface area (TPSA) is 142 Å². The van der Waals surface area contributed by atoms with Crippen LogP contribution in [0.4, 0.5) is 0 Å². The molecule has 2 unspecified atom stereocenters. The maximum atomic E-state index is 12.5. The van der Waals surface area contributed by atoms with Crippen molar-refractivity contribution >= 4 is 23.9 Å². The molecule has 0 amide bonds. The molecule has 0 N–H and O–H groups in total. The number of carbonyl (C=O) groups excluding carboxylic acids is 4. The summed E-state index contributed by atoms with van der Waals surface area (Å²) in [5, 5.41) is 0. The smallest absolute Gasteiger partial charge is 0.330 e. The summed E-state index contributed by atoms with van der Waals surface area (Å²) in [6.45, 7) is 8.64. The van der Waals surface area contributed by atoms with E-state index < -0.39 is 36.1 Å². The Hall–Kier alpha value is -4.68. The van der Waals surface area contributed by atoms with Crippen molar-refractivity contribution in [3.8, 4) is 11.5 Å². The average Bonchev–Trinajstić information content (AvgIpc) is 3.17. The van der Waals surface area contributed by atoms with Gasteiger partial charge < -0.3 is 37.9 Å². The largest absolute Gasteiger partial charge is 0.490 e. The second-order valence-corrected chi connectivity index (χ2v) is 12.4. The number of carbonyl (C=O) groups is 4. The molecule has 0 heterocycles. The lowest BCUT2D eigenvalue weighted by atomic mass is 9.83. The van der Waals surface area contributed by atoms with Gasteiger partial charge in [0.15, 0.2) is 12.2 Å². The Morgan fingerprint density at radius 1 is 0.596 bits per heavy atom. The molecule has 0 radical (unpaired) electrons. The Bertz CT molecular complexity index is 1240. The van der Waals surface area contributed by atoms with Gasteiger partial charge in [-0.1, -0.05) is 49.6 Å². The van der Waals surface area contributed by atoms with Gasteiger partial charge in [-0.25, -0.2) is 9.59 Å². The van der Waals surface area contributed by atoms with Gasteiger partial charge in [0.05, 0.1) is 26.4 Å².